The van der Waals surface area contributed by atoms with Gasteiger partial charge in [-0.05, 0) is 75.4 Å². The first-order chi connectivity index (χ1) is 17.3. The van der Waals surface area contributed by atoms with Crippen molar-refractivity contribution in [1.29, 1.82) is 0 Å². The van der Waals surface area contributed by atoms with Crippen LogP contribution in [-0.4, -0.2) is 45.5 Å². The minimum atomic E-state index is -0.0441. The van der Waals surface area contributed by atoms with Crippen LogP contribution in [0.5, 0.6) is 0 Å². The third-order valence-electron chi connectivity index (χ3n) is 6.73. The number of ketones is 3. The van der Waals surface area contributed by atoms with Crippen molar-refractivity contribution >= 4 is 67.8 Å². The summed E-state index contributed by atoms with van der Waals surface area (Å²) in [6, 6.07) is 16.3. The summed E-state index contributed by atoms with van der Waals surface area (Å²) >= 11 is 0. The molecule has 0 amide bonds. The van der Waals surface area contributed by atoms with Gasteiger partial charge in [-0.3, -0.25) is 14.4 Å². The summed E-state index contributed by atoms with van der Waals surface area (Å²) in [5.41, 5.74) is 6.00. The fourth-order valence-corrected chi connectivity index (χ4v) is 4.90. The van der Waals surface area contributed by atoms with Crippen molar-refractivity contribution < 1.29 is 14.4 Å². The highest BCUT2D eigenvalue weighted by Gasteiger charge is 2.22. The van der Waals surface area contributed by atoms with E-state index < -0.39 is 0 Å². The Labute approximate surface area is 202 Å². The highest BCUT2D eigenvalue weighted by Crippen LogP contribution is 2.29. The Morgan fingerprint density at radius 2 is 0.778 bits per heavy atom. The fourth-order valence-electron chi connectivity index (χ4n) is 4.90. The first-order valence-corrected chi connectivity index (χ1v) is 11.4. The van der Waals surface area contributed by atoms with Gasteiger partial charge in [0.25, 0.3) is 0 Å². The van der Waals surface area contributed by atoms with Crippen molar-refractivity contribution in [3.8, 4) is 0 Å². The summed E-state index contributed by atoms with van der Waals surface area (Å²) in [4.78, 5) is 50.8. The summed E-state index contributed by atoms with van der Waals surface area (Å²) in [6.07, 6.45) is 0. The lowest BCUT2D eigenvalue weighted by atomic mass is 10.1. The summed E-state index contributed by atoms with van der Waals surface area (Å²) < 4.78 is 5.79. The lowest BCUT2D eigenvalue weighted by Crippen LogP contribution is -2.04. The van der Waals surface area contributed by atoms with Crippen molar-refractivity contribution in [2.24, 2.45) is 0 Å². The molecule has 0 N–H and O–H groups in total. The van der Waals surface area contributed by atoms with Gasteiger partial charge in [-0.25, -0.2) is 28.2 Å². The Balaban J connectivity index is 1.75. The summed E-state index contributed by atoms with van der Waals surface area (Å²) in [7, 11) is 0. The maximum atomic E-state index is 12.0. The molecule has 0 aliphatic rings. The van der Waals surface area contributed by atoms with E-state index >= 15 is 0 Å². The minimum absolute atomic E-state index is 0.0441. The van der Waals surface area contributed by atoms with Crippen LogP contribution in [0.2, 0.25) is 0 Å². The molecular formula is C27H18N6O3. The molecule has 0 radical (unpaired) electrons. The number of rotatable bonds is 3. The summed E-state index contributed by atoms with van der Waals surface area (Å²) in [5, 5.41) is 0. The van der Waals surface area contributed by atoms with Gasteiger partial charge in [0.2, 0.25) is 17.3 Å². The lowest BCUT2D eigenvalue weighted by Gasteiger charge is -2.05. The average Bonchev–Trinajstić information content (AvgIpc) is 3.52. The number of Topliss-reactive ketones (excluding diaryl/α,β-unsaturated/α-hetero) is 3. The minimum Gasteiger partial charge on any atom is -0.295 e. The van der Waals surface area contributed by atoms with Crippen molar-refractivity contribution in [1.82, 2.24) is 28.2 Å². The van der Waals surface area contributed by atoms with Gasteiger partial charge in [-0.15, -0.1) is 0 Å². The largest absolute Gasteiger partial charge is 0.295 e. The van der Waals surface area contributed by atoms with Crippen LogP contribution >= 0.6 is 0 Å². The number of imidazole rings is 3. The molecule has 3 aromatic carbocycles. The molecule has 0 spiro atoms. The van der Waals surface area contributed by atoms with Gasteiger partial charge in [0.1, 0.15) is 0 Å². The number of benzene rings is 3. The SMILES string of the molecule is CC(=O)c1ccc2c(c1)nc1n2c2nc3cc(C(C)=O)ccc3n2c2nc3cc(C(C)=O)ccc3n12. The topological polar surface area (TPSA) is 103 Å². The van der Waals surface area contributed by atoms with Crippen LogP contribution in [0.3, 0.4) is 0 Å². The molecule has 0 unspecified atom stereocenters. The smallest absolute Gasteiger partial charge is 0.225 e. The number of aromatic nitrogens is 6. The van der Waals surface area contributed by atoms with Crippen LogP contribution in [0.1, 0.15) is 51.8 Å². The molecule has 0 bridgehead atoms. The van der Waals surface area contributed by atoms with Gasteiger partial charge in [-0.2, -0.15) is 0 Å². The van der Waals surface area contributed by atoms with E-state index in [1.165, 1.54) is 20.8 Å². The van der Waals surface area contributed by atoms with Gasteiger partial charge in [0.15, 0.2) is 17.3 Å². The van der Waals surface area contributed by atoms with Crippen molar-refractivity contribution in [3.63, 3.8) is 0 Å². The van der Waals surface area contributed by atoms with Crippen molar-refractivity contribution in [2.45, 2.75) is 20.8 Å². The van der Waals surface area contributed by atoms with E-state index in [1.807, 2.05) is 31.4 Å². The highest BCUT2D eigenvalue weighted by atomic mass is 16.1. The monoisotopic (exact) mass is 474 g/mol. The highest BCUT2D eigenvalue weighted by molar-refractivity contribution is 6.01. The third-order valence-corrected chi connectivity index (χ3v) is 6.73. The molecule has 4 aromatic heterocycles. The molecule has 7 rings (SSSR count). The Morgan fingerprint density at radius 3 is 1.03 bits per heavy atom. The summed E-state index contributed by atoms with van der Waals surface area (Å²) in [5.74, 6) is 1.60. The fraction of sp³-hybridized carbons (Fsp3) is 0.111. The molecule has 9 heteroatoms. The van der Waals surface area contributed by atoms with E-state index in [9.17, 15) is 14.4 Å². The number of nitrogens with zero attached hydrogens (tertiary/aromatic N) is 6. The second-order valence-electron chi connectivity index (χ2n) is 9.02. The first-order valence-electron chi connectivity index (χ1n) is 11.4. The first kappa shape index (κ1) is 20.5. The predicted molar refractivity (Wildman–Crippen MR) is 135 cm³/mol. The number of hydrogen-bond acceptors (Lipinski definition) is 6. The molecule has 9 nitrogen and oxygen atoms in total. The maximum Gasteiger partial charge on any atom is 0.225 e. The standard InChI is InChI=1S/C27H18N6O3/c1-13(34)16-4-7-22-19(10-16)28-25-31(22)26-29-21-12-18(15(3)36)6-9-24(21)33(26)27-30-20-11-17(14(2)35)5-8-23(20)32(25)27/h4-12H,1-3H3. The van der Waals surface area contributed by atoms with Gasteiger partial charge in [0.05, 0.1) is 33.1 Å². The molecule has 0 aliphatic carbocycles. The molecule has 36 heavy (non-hydrogen) atoms. The predicted octanol–water partition coefficient (Wildman–Crippen LogP) is 4.70. The van der Waals surface area contributed by atoms with E-state index in [0.717, 1.165) is 16.6 Å². The van der Waals surface area contributed by atoms with Crippen LogP contribution in [0, 0.1) is 0 Å². The Kier molecular flexibility index (Phi) is 3.87. The van der Waals surface area contributed by atoms with E-state index in [1.54, 1.807) is 36.4 Å². The van der Waals surface area contributed by atoms with Crippen LogP contribution in [-0.2, 0) is 0 Å². The van der Waals surface area contributed by atoms with Gasteiger partial charge < -0.3 is 0 Å². The van der Waals surface area contributed by atoms with E-state index in [2.05, 4.69) is 0 Å². The average molecular weight is 474 g/mol. The zero-order valence-electron chi connectivity index (χ0n) is 19.6. The Morgan fingerprint density at radius 1 is 0.500 bits per heavy atom. The molecule has 0 fully saturated rings. The quantitative estimate of drug-likeness (QED) is 0.344. The Hall–Kier alpha value is -4.92. The molecule has 0 saturated carbocycles. The molecular weight excluding hydrogens is 456 g/mol. The number of fused-ring (bicyclic) bond motifs is 12. The van der Waals surface area contributed by atoms with E-state index in [4.69, 9.17) is 15.0 Å². The molecule has 7 aromatic rings. The second kappa shape index (κ2) is 6.82. The van der Waals surface area contributed by atoms with Crippen LogP contribution < -0.4 is 0 Å². The van der Waals surface area contributed by atoms with Gasteiger partial charge in [0, 0.05) is 16.7 Å². The molecule has 0 aliphatic heterocycles. The second-order valence-corrected chi connectivity index (χ2v) is 9.02. The van der Waals surface area contributed by atoms with Crippen LogP contribution in [0.15, 0.2) is 54.6 Å². The molecule has 0 saturated heterocycles. The molecule has 0 atom stereocenters. The zero-order chi connectivity index (χ0) is 24.9. The summed E-state index contributed by atoms with van der Waals surface area (Å²) in [6.45, 7) is 4.58. The Bertz CT molecular complexity index is 1870. The van der Waals surface area contributed by atoms with Crippen LogP contribution in [0.4, 0.5) is 0 Å². The van der Waals surface area contributed by atoms with Crippen LogP contribution in [0.25, 0.3) is 50.4 Å². The van der Waals surface area contributed by atoms with Crippen molar-refractivity contribution in [3.05, 3.63) is 71.3 Å². The third kappa shape index (κ3) is 2.59. The number of carbonyl (C=O) groups excluding carboxylic acids is 3. The maximum absolute atomic E-state index is 12.0. The van der Waals surface area contributed by atoms with E-state index in [-0.39, 0.29) is 17.3 Å². The van der Waals surface area contributed by atoms with Gasteiger partial charge >= 0.3 is 0 Å². The zero-order valence-corrected chi connectivity index (χ0v) is 19.6. The van der Waals surface area contributed by atoms with Crippen molar-refractivity contribution in [2.75, 3.05) is 0 Å². The normalized spacial score (nSPS) is 12.1. The molecule has 174 valence electrons. The van der Waals surface area contributed by atoms with E-state index in [0.29, 0.717) is 50.6 Å². The number of hydrogen-bond donors (Lipinski definition) is 0. The van der Waals surface area contributed by atoms with Gasteiger partial charge in [-0.1, -0.05) is 0 Å². The molecule has 4 heterocycles. The lowest BCUT2D eigenvalue weighted by molar-refractivity contribution is 0.100. The number of carbonyl (C=O) groups is 3.